The van der Waals surface area contributed by atoms with Crippen LogP contribution in [0.4, 0.5) is 5.82 Å². The number of thioether (sulfide) groups is 1. The highest BCUT2D eigenvalue weighted by Crippen LogP contribution is 2.21. The summed E-state index contributed by atoms with van der Waals surface area (Å²) in [6.45, 7) is 2.00. The van der Waals surface area contributed by atoms with E-state index >= 15 is 0 Å². The molecular weight excluding hydrogens is 312 g/mol. The lowest BCUT2D eigenvalue weighted by Crippen LogP contribution is -2.10. The number of esters is 1. The third-order valence-electron chi connectivity index (χ3n) is 2.45. The number of anilines is 1. The Bertz CT molecular complexity index is 637. The number of nitrogen functional groups attached to an aromatic ring is 1. The topological polar surface area (TPSA) is 91.0 Å². The first-order valence-corrected chi connectivity index (χ1v) is 7.49. The fourth-order valence-corrected chi connectivity index (χ4v) is 2.32. The van der Waals surface area contributed by atoms with Gasteiger partial charge in [0.1, 0.15) is 16.5 Å². The van der Waals surface area contributed by atoms with Gasteiger partial charge in [-0.3, -0.25) is 0 Å². The van der Waals surface area contributed by atoms with Gasteiger partial charge in [0.2, 0.25) is 0 Å². The van der Waals surface area contributed by atoms with Crippen molar-refractivity contribution in [2.75, 3.05) is 12.3 Å². The lowest BCUT2D eigenvalue weighted by atomic mass is 10.3. The van der Waals surface area contributed by atoms with Crippen molar-refractivity contribution in [3.8, 4) is 0 Å². The van der Waals surface area contributed by atoms with Gasteiger partial charge in [-0.2, -0.15) is 0 Å². The number of rotatable bonds is 5. The second kappa shape index (κ2) is 7.24. The Balaban J connectivity index is 2.03. The maximum absolute atomic E-state index is 11.6. The molecule has 2 heterocycles. The molecule has 8 heteroatoms. The number of hydrogen-bond donors (Lipinski definition) is 1. The fraction of sp³-hybridized carbons (Fsp3) is 0.231. The third kappa shape index (κ3) is 4.30. The Morgan fingerprint density at radius 1 is 1.38 bits per heavy atom. The summed E-state index contributed by atoms with van der Waals surface area (Å²) < 4.78 is 4.86. The number of carbonyl (C=O) groups is 1. The minimum Gasteiger partial charge on any atom is -0.462 e. The van der Waals surface area contributed by atoms with Crippen molar-refractivity contribution < 1.29 is 9.53 Å². The van der Waals surface area contributed by atoms with Crippen molar-refractivity contribution >= 4 is 35.1 Å². The van der Waals surface area contributed by atoms with Crippen LogP contribution < -0.4 is 5.73 Å². The number of hydrogen-bond acceptors (Lipinski definition) is 7. The molecule has 0 aromatic carbocycles. The van der Waals surface area contributed by atoms with Crippen LogP contribution in [-0.2, 0) is 10.5 Å². The Morgan fingerprint density at radius 3 is 2.81 bits per heavy atom. The molecule has 0 saturated heterocycles. The smallest absolute Gasteiger partial charge is 0.343 e. The highest BCUT2D eigenvalue weighted by molar-refractivity contribution is 7.98. The number of aromatic nitrogens is 3. The number of pyridine rings is 1. The van der Waals surface area contributed by atoms with Gasteiger partial charge in [0.05, 0.1) is 6.61 Å². The van der Waals surface area contributed by atoms with E-state index in [9.17, 15) is 4.79 Å². The summed E-state index contributed by atoms with van der Waals surface area (Å²) in [5, 5.41) is 0.929. The molecule has 0 radical (unpaired) electrons. The van der Waals surface area contributed by atoms with Gasteiger partial charge in [0, 0.05) is 18.1 Å². The quantitative estimate of drug-likeness (QED) is 0.391. The summed E-state index contributed by atoms with van der Waals surface area (Å²) in [7, 11) is 0. The summed E-state index contributed by atoms with van der Waals surface area (Å²) in [5.41, 5.74) is 6.91. The summed E-state index contributed by atoms with van der Waals surface area (Å²) in [5.74, 6) is 0.219. The minimum absolute atomic E-state index is 0.111. The predicted octanol–water partition coefficient (Wildman–Crippen LogP) is 2.58. The summed E-state index contributed by atoms with van der Waals surface area (Å²) in [4.78, 5) is 23.8. The van der Waals surface area contributed by atoms with Crippen molar-refractivity contribution in [3.05, 3.63) is 40.8 Å². The van der Waals surface area contributed by atoms with E-state index in [1.54, 1.807) is 19.2 Å². The molecule has 2 aromatic heterocycles. The van der Waals surface area contributed by atoms with Gasteiger partial charge in [-0.1, -0.05) is 29.4 Å². The largest absolute Gasteiger partial charge is 0.462 e. The van der Waals surface area contributed by atoms with Crippen molar-refractivity contribution in [2.24, 2.45) is 0 Å². The molecule has 6 nitrogen and oxygen atoms in total. The number of nitrogens with zero attached hydrogens (tertiary/aromatic N) is 3. The van der Waals surface area contributed by atoms with E-state index in [-0.39, 0.29) is 18.0 Å². The maximum atomic E-state index is 11.6. The van der Waals surface area contributed by atoms with E-state index in [0.717, 1.165) is 5.56 Å². The van der Waals surface area contributed by atoms with Crippen LogP contribution >= 0.6 is 23.4 Å². The first-order valence-electron chi connectivity index (χ1n) is 6.13. The van der Waals surface area contributed by atoms with Gasteiger partial charge in [0.15, 0.2) is 5.16 Å². The predicted molar refractivity (Wildman–Crippen MR) is 81.2 cm³/mol. The molecule has 0 spiro atoms. The summed E-state index contributed by atoms with van der Waals surface area (Å²) in [6, 6.07) is 3.59. The van der Waals surface area contributed by atoms with Gasteiger partial charge in [0.25, 0.3) is 0 Å². The highest BCUT2D eigenvalue weighted by Gasteiger charge is 2.13. The molecule has 0 aliphatic heterocycles. The lowest BCUT2D eigenvalue weighted by Gasteiger charge is -2.06. The average Bonchev–Trinajstić information content (AvgIpc) is 2.47. The molecule has 2 rings (SSSR count). The molecule has 0 atom stereocenters. The van der Waals surface area contributed by atoms with Crippen molar-refractivity contribution in [1.29, 1.82) is 0 Å². The normalized spacial score (nSPS) is 10.4. The Kier molecular flexibility index (Phi) is 5.35. The van der Waals surface area contributed by atoms with Crippen LogP contribution in [0.15, 0.2) is 29.7 Å². The maximum Gasteiger partial charge on any atom is 0.343 e. The van der Waals surface area contributed by atoms with Crippen LogP contribution in [-0.4, -0.2) is 27.5 Å². The van der Waals surface area contributed by atoms with Crippen molar-refractivity contribution in [2.45, 2.75) is 17.8 Å². The van der Waals surface area contributed by atoms with Crippen molar-refractivity contribution in [1.82, 2.24) is 15.0 Å². The van der Waals surface area contributed by atoms with Gasteiger partial charge >= 0.3 is 5.97 Å². The van der Waals surface area contributed by atoms with E-state index in [0.29, 0.717) is 16.1 Å². The molecule has 110 valence electrons. The van der Waals surface area contributed by atoms with E-state index in [4.69, 9.17) is 22.1 Å². The molecule has 0 aliphatic rings. The Labute approximate surface area is 131 Å². The summed E-state index contributed by atoms with van der Waals surface area (Å²) >= 11 is 7.11. The SMILES string of the molecule is CCOC(=O)c1cnc(SCc2ccc(Cl)nc2)nc1N. The van der Waals surface area contributed by atoms with Crippen LogP contribution in [0.1, 0.15) is 22.8 Å². The van der Waals surface area contributed by atoms with Gasteiger partial charge in [-0.05, 0) is 18.6 Å². The van der Waals surface area contributed by atoms with Crippen LogP contribution in [0.2, 0.25) is 5.15 Å². The molecule has 0 unspecified atom stereocenters. The monoisotopic (exact) mass is 324 g/mol. The molecule has 2 N–H and O–H groups in total. The van der Waals surface area contributed by atoms with Crippen LogP contribution in [0.3, 0.4) is 0 Å². The molecule has 0 aliphatic carbocycles. The molecule has 2 aromatic rings. The molecule has 0 amide bonds. The van der Waals surface area contributed by atoms with E-state index in [1.807, 2.05) is 6.07 Å². The first kappa shape index (κ1) is 15.5. The zero-order chi connectivity index (χ0) is 15.2. The summed E-state index contributed by atoms with van der Waals surface area (Å²) in [6.07, 6.45) is 3.06. The number of halogens is 1. The second-order valence-corrected chi connectivity index (χ2v) is 5.28. The standard InChI is InChI=1S/C13H13ClN4O2S/c1-2-20-12(19)9-6-17-13(18-11(9)15)21-7-8-3-4-10(14)16-5-8/h3-6H,2,7H2,1H3,(H2,15,17,18). The zero-order valence-electron chi connectivity index (χ0n) is 11.2. The van der Waals surface area contributed by atoms with Crippen molar-refractivity contribution in [3.63, 3.8) is 0 Å². The number of ether oxygens (including phenoxy) is 1. The minimum atomic E-state index is -0.520. The third-order valence-corrected chi connectivity index (χ3v) is 3.60. The fourth-order valence-electron chi connectivity index (χ4n) is 1.45. The second-order valence-electron chi connectivity index (χ2n) is 3.95. The van der Waals surface area contributed by atoms with Gasteiger partial charge < -0.3 is 10.5 Å². The average molecular weight is 325 g/mol. The molecule has 21 heavy (non-hydrogen) atoms. The lowest BCUT2D eigenvalue weighted by molar-refractivity contribution is 0.0526. The zero-order valence-corrected chi connectivity index (χ0v) is 12.8. The molecule has 0 fully saturated rings. The van der Waals surface area contributed by atoms with E-state index in [1.165, 1.54) is 18.0 Å². The van der Waals surface area contributed by atoms with Gasteiger partial charge in [-0.15, -0.1) is 0 Å². The van der Waals surface area contributed by atoms with Crippen LogP contribution in [0, 0.1) is 0 Å². The van der Waals surface area contributed by atoms with E-state index < -0.39 is 5.97 Å². The Hall–Kier alpha value is -1.86. The van der Waals surface area contributed by atoms with Crippen LogP contribution in [0.5, 0.6) is 0 Å². The van der Waals surface area contributed by atoms with E-state index in [2.05, 4.69) is 15.0 Å². The highest BCUT2D eigenvalue weighted by atomic mass is 35.5. The first-order chi connectivity index (χ1) is 10.1. The Morgan fingerprint density at radius 2 is 2.19 bits per heavy atom. The number of nitrogens with two attached hydrogens (primary N) is 1. The molecule has 0 bridgehead atoms. The molecule has 0 saturated carbocycles. The van der Waals surface area contributed by atoms with Gasteiger partial charge in [-0.25, -0.2) is 19.7 Å². The number of carbonyl (C=O) groups excluding carboxylic acids is 1. The van der Waals surface area contributed by atoms with Crippen LogP contribution in [0.25, 0.3) is 0 Å². The molecular formula is C13H13ClN4O2S.